The number of likely N-dealkylation sites (tertiary alicyclic amines) is 1. The predicted molar refractivity (Wildman–Crippen MR) is 59.6 cm³/mol. The molecule has 15 heavy (non-hydrogen) atoms. The van der Waals surface area contributed by atoms with Crippen molar-refractivity contribution >= 4 is 0 Å². The van der Waals surface area contributed by atoms with Crippen LogP contribution in [0.15, 0.2) is 30.3 Å². The van der Waals surface area contributed by atoms with Crippen LogP contribution in [0.4, 0.5) is 0 Å². The average molecular weight is 203 g/mol. The molecule has 0 aliphatic carbocycles. The number of nitrogens with zero attached hydrogens (tertiary/aromatic N) is 1. The summed E-state index contributed by atoms with van der Waals surface area (Å²) in [6.07, 6.45) is 1.68. The molecule has 2 heteroatoms. The van der Waals surface area contributed by atoms with E-state index in [1.807, 2.05) is 0 Å². The number of piperidine rings is 1. The Morgan fingerprint density at radius 2 is 2.20 bits per heavy atom. The van der Waals surface area contributed by atoms with Gasteiger partial charge in [0.25, 0.3) is 0 Å². The molecule has 0 aromatic heterocycles. The van der Waals surface area contributed by atoms with Gasteiger partial charge in [-0.15, -0.1) is 0 Å². The first-order valence-corrected chi connectivity index (χ1v) is 5.70. The van der Waals surface area contributed by atoms with Gasteiger partial charge in [0.05, 0.1) is 11.7 Å². The van der Waals surface area contributed by atoms with Crippen molar-refractivity contribution in [3.8, 4) is 0 Å². The molecule has 0 spiro atoms. The SMILES string of the molecule is C[C@@]12CCN(Cc3ccccc3)C[C@@H]1O2. The second kappa shape index (κ2) is 3.32. The highest BCUT2D eigenvalue weighted by Gasteiger charge is 2.54. The van der Waals surface area contributed by atoms with E-state index in [2.05, 4.69) is 42.2 Å². The van der Waals surface area contributed by atoms with Crippen LogP contribution in [0, 0.1) is 0 Å². The fraction of sp³-hybridized carbons (Fsp3) is 0.538. The van der Waals surface area contributed by atoms with E-state index in [9.17, 15) is 0 Å². The molecule has 0 N–H and O–H groups in total. The summed E-state index contributed by atoms with van der Waals surface area (Å²) in [7, 11) is 0. The molecule has 0 bridgehead atoms. The van der Waals surface area contributed by atoms with Crippen LogP contribution in [-0.4, -0.2) is 29.7 Å². The van der Waals surface area contributed by atoms with Gasteiger partial charge < -0.3 is 4.74 Å². The van der Waals surface area contributed by atoms with E-state index >= 15 is 0 Å². The smallest absolute Gasteiger partial charge is 0.0997 e. The van der Waals surface area contributed by atoms with Crippen LogP contribution in [0.1, 0.15) is 18.9 Å². The highest BCUT2D eigenvalue weighted by atomic mass is 16.6. The van der Waals surface area contributed by atoms with Crippen molar-refractivity contribution in [1.29, 1.82) is 0 Å². The van der Waals surface area contributed by atoms with Gasteiger partial charge in [-0.3, -0.25) is 4.90 Å². The molecule has 80 valence electrons. The third kappa shape index (κ3) is 1.80. The molecule has 2 nitrogen and oxygen atoms in total. The Hall–Kier alpha value is -0.860. The van der Waals surface area contributed by atoms with Gasteiger partial charge in [-0.25, -0.2) is 0 Å². The molecule has 0 unspecified atom stereocenters. The number of rotatable bonds is 2. The number of fused-ring (bicyclic) bond motifs is 1. The largest absolute Gasteiger partial charge is 0.365 e. The number of ether oxygens (including phenoxy) is 1. The Labute approximate surface area is 90.8 Å². The third-order valence-electron chi connectivity index (χ3n) is 3.63. The minimum atomic E-state index is 0.229. The molecule has 1 aromatic carbocycles. The van der Waals surface area contributed by atoms with Crippen LogP contribution in [0.5, 0.6) is 0 Å². The molecule has 2 atom stereocenters. The first-order valence-electron chi connectivity index (χ1n) is 5.70. The summed E-state index contributed by atoms with van der Waals surface area (Å²) in [5.41, 5.74) is 1.63. The van der Waals surface area contributed by atoms with Crippen LogP contribution in [0.2, 0.25) is 0 Å². The second-order valence-electron chi connectivity index (χ2n) is 4.89. The van der Waals surface area contributed by atoms with Gasteiger partial charge >= 0.3 is 0 Å². The number of hydrogen-bond acceptors (Lipinski definition) is 2. The normalized spacial score (nSPS) is 34.9. The summed E-state index contributed by atoms with van der Waals surface area (Å²) < 4.78 is 5.69. The number of benzene rings is 1. The number of epoxide rings is 1. The molecule has 2 saturated heterocycles. The monoisotopic (exact) mass is 203 g/mol. The minimum Gasteiger partial charge on any atom is -0.365 e. The predicted octanol–water partition coefficient (Wildman–Crippen LogP) is 2.05. The van der Waals surface area contributed by atoms with Gasteiger partial charge in [0, 0.05) is 19.6 Å². The Morgan fingerprint density at radius 1 is 1.40 bits per heavy atom. The van der Waals surface area contributed by atoms with E-state index in [1.54, 1.807) is 0 Å². The van der Waals surface area contributed by atoms with Gasteiger partial charge in [-0.05, 0) is 18.9 Å². The van der Waals surface area contributed by atoms with Crippen LogP contribution in [0.3, 0.4) is 0 Å². The maximum absolute atomic E-state index is 5.69. The highest BCUT2D eigenvalue weighted by Crippen LogP contribution is 2.43. The van der Waals surface area contributed by atoms with Crippen LogP contribution >= 0.6 is 0 Å². The Kier molecular flexibility index (Phi) is 2.08. The lowest BCUT2D eigenvalue weighted by atomic mass is 9.98. The van der Waals surface area contributed by atoms with Crippen molar-refractivity contribution in [1.82, 2.24) is 4.90 Å². The molecule has 2 heterocycles. The highest BCUT2D eigenvalue weighted by molar-refractivity contribution is 5.15. The second-order valence-corrected chi connectivity index (χ2v) is 4.89. The Balaban J connectivity index is 1.61. The molecule has 0 radical (unpaired) electrons. The van der Waals surface area contributed by atoms with Gasteiger partial charge in [-0.2, -0.15) is 0 Å². The summed E-state index contributed by atoms with van der Waals surface area (Å²) in [5.74, 6) is 0. The summed E-state index contributed by atoms with van der Waals surface area (Å²) in [5, 5.41) is 0. The molecule has 2 aliphatic heterocycles. The molecule has 0 saturated carbocycles. The lowest BCUT2D eigenvalue weighted by Crippen LogP contribution is -2.37. The van der Waals surface area contributed by atoms with E-state index in [-0.39, 0.29) is 5.60 Å². The Morgan fingerprint density at radius 3 is 2.93 bits per heavy atom. The quantitative estimate of drug-likeness (QED) is 0.684. The van der Waals surface area contributed by atoms with Crippen LogP contribution in [-0.2, 0) is 11.3 Å². The molecule has 2 fully saturated rings. The molecule has 0 amide bonds. The maximum Gasteiger partial charge on any atom is 0.0997 e. The van der Waals surface area contributed by atoms with E-state index in [0.29, 0.717) is 6.10 Å². The van der Waals surface area contributed by atoms with Gasteiger partial charge in [0.2, 0.25) is 0 Å². The van der Waals surface area contributed by atoms with Crippen LogP contribution < -0.4 is 0 Å². The minimum absolute atomic E-state index is 0.229. The van der Waals surface area contributed by atoms with Crippen molar-refractivity contribution in [2.75, 3.05) is 13.1 Å². The van der Waals surface area contributed by atoms with Gasteiger partial charge in [0.15, 0.2) is 0 Å². The zero-order chi connectivity index (χ0) is 10.3. The van der Waals surface area contributed by atoms with Gasteiger partial charge in [0.1, 0.15) is 0 Å². The zero-order valence-electron chi connectivity index (χ0n) is 9.15. The van der Waals surface area contributed by atoms with Crippen molar-refractivity contribution in [3.05, 3.63) is 35.9 Å². The topological polar surface area (TPSA) is 15.8 Å². The first kappa shape index (κ1) is 9.37. The Bertz CT molecular complexity index is 351. The van der Waals surface area contributed by atoms with Crippen molar-refractivity contribution in [2.45, 2.75) is 31.6 Å². The third-order valence-corrected chi connectivity index (χ3v) is 3.63. The fourth-order valence-electron chi connectivity index (χ4n) is 2.43. The summed E-state index contributed by atoms with van der Waals surface area (Å²) in [4.78, 5) is 2.49. The summed E-state index contributed by atoms with van der Waals surface area (Å²) in [6.45, 7) is 5.57. The molecule has 2 aliphatic rings. The summed E-state index contributed by atoms with van der Waals surface area (Å²) in [6, 6.07) is 10.7. The van der Waals surface area contributed by atoms with E-state index in [4.69, 9.17) is 4.74 Å². The van der Waals surface area contributed by atoms with E-state index < -0.39 is 0 Å². The zero-order valence-corrected chi connectivity index (χ0v) is 9.15. The first-order chi connectivity index (χ1) is 7.26. The van der Waals surface area contributed by atoms with Crippen molar-refractivity contribution < 1.29 is 4.74 Å². The van der Waals surface area contributed by atoms with E-state index in [0.717, 1.165) is 13.1 Å². The fourth-order valence-corrected chi connectivity index (χ4v) is 2.43. The lowest BCUT2D eigenvalue weighted by Gasteiger charge is -2.26. The van der Waals surface area contributed by atoms with Crippen molar-refractivity contribution in [3.63, 3.8) is 0 Å². The standard InChI is InChI=1S/C13H17NO/c1-13-7-8-14(10-12(13)15-13)9-11-5-3-2-4-6-11/h2-6,12H,7-10H2,1H3/t12-,13+/m0/s1. The number of hydrogen-bond donors (Lipinski definition) is 0. The summed E-state index contributed by atoms with van der Waals surface area (Å²) >= 11 is 0. The average Bonchev–Trinajstić information content (AvgIpc) is 2.91. The van der Waals surface area contributed by atoms with Crippen LogP contribution in [0.25, 0.3) is 0 Å². The van der Waals surface area contributed by atoms with E-state index in [1.165, 1.54) is 18.5 Å². The molecule has 3 rings (SSSR count). The van der Waals surface area contributed by atoms with Crippen molar-refractivity contribution in [2.24, 2.45) is 0 Å². The lowest BCUT2D eigenvalue weighted by molar-refractivity contribution is 0.223. The van der Waals surface area contributed by atoms with Gasteiger partial charge in [-0.1, -0.05) is 30.3 Å². The molecule has 1 aromatic rings. The maximum atomic E-state index is 5.69. The molecular weight excluding hydrogens is 186 g/mol. The molecular formula is C13H17NO.